The summed E-state index contributed by atoms with van der Waals surface area (Å²) in [4.78, 5) is 2.37. The van der Waals surface area contributed by atoms with E-state index in [-0.39, 0.29) is 0 Å². The smallest absolute Gasteiger partial charge is 0.0388 e. The van der Waals surface area contributed by atoms with Gasteiger partial charge in [-0.05, 0) is 51.1 Å². The van der Waals surface area contributed by atoms with E-state index in [4.69, 9.17) is 5.73 Å². The van der Waals surface area contributed by atoms with Crippen LogP contribution in [0.2, 0.25) is 0 Å². The van der Waals surface area contributed by atoms with Gasteiger partial charge in [0.1, 0.15) is 0 Å². The first-order valence-electron chi connectivity index (χ1n) is 5.96. The Hall–Kier alpha value is -1.22. The monoisotopic (exact) mass is 219 g/mol. The van der Waals surface area contributed by atoms with Crippen LogP contribution in [0.15, 0.2) is 18.2 Å². The van der Waals surface area contributed by atoms with Crippen LogP contribution < -0.4 is 11.1 Å². The molecule has 1 unspecified atom stereocenters. The lowest BCUT2D eigenvalue weighted by Gasteiger charge is -2.31. The fourth-order valence-corrected chi connectivity index (χ4v) is 2.25. The zero-order valence-electron chi connectivity index (χ0n) is 10.2. The molecule has 16 heavy (non-hydrogen) atoms. The SMILES string of the molecule is Cc1ccc(NC2CCCN(C)C2)cc1N. The average Bonchev–Trinajstić information content (AvgIpc) is 2.24. The second kappa shape index (κ2) is 4.74. The first-order valence-corrected chi connectivity index (χ1v) is 5.96. The molecule has 3 heteroatoms. The third-order valence-corrected chi connectivity index (χ3v) is 3.27. The summed E-state index contributed by atoms with van der Waals surface area (Å²) in [6.07, 6.45) is 2.52. The van der Waals surface area contributed by atoms with Crippen molar-refractivity contribution in [3.05, 3.63) is 23.8 Å². The van der Waals surface area contributed by atoms with Crippen LogP contribution in [-0.4, -0.2) is 31.1 Å². The predicted molar refractivity (Wildman–Crippen MR) is 69.7 cm³/mol. The van der Waals surface area contributed by atoms with Gasteiger partial charge in [0, 0.05) is 24.0 Å². The van der Waals surface area contributed by atoms with Gasteiger partial charge in [0.25, 0.3) is 0 Å². The van der Waals surface area contributed by atoms with Crippen LogP contribution in [0.3, 0.4) is 0 Å². The van der Waals surface area contributed by atoms with Crippen molar-refractivity contribution in [3.8, 4) is 0 Å². The minimum absolute atomic E-state index is 0.556. The van der Waals surface area contributed by atoms with Crippen LogP contribution in [0.5, 0.6) is 0 Å². The summed E-state index contributed by atoms with van der Waals surface area (Å²) in [6.45, 7) is 4.37. The quantitative estimate of drug-likeness (QED) is 0.748. The zero-order valence-corrected chi connectivity index (χ0v) is 10.2. The Labute approximate surface area is 97.6 Å². The molecule has 1 saturated heterocycles. The van der Waals surface area contributed by atoms with Gasteiger partial charge in [-0.3, -0.25) is 0 Å². The Balaban J connectivity index is 2.00. The van der Waals surface area contributed by atoms with E-state index in [2.05, 4.69) is 29.4 Å². The van der Waals surface area contributed by atoms with Crippen LogP contribution in [0, 0.1) is 6.92 Å². The molecule has 0 radical (unpaired) electrons. The maximum Gasteiger partial charge on any atom is 0.0388 e. The number of hydrogen-bond acceptors (Lipinski definition) is 3. The third kappa shape index (κ3) is 2.67. The van der Waals surface area contributed by atoms with Gasteiger partial charge in [0.15, 0.2) is 0 Å². The Morgan fingerprint density at radius 3 is 2.94 bits per heavy atom. The van der Waals surface area contributed by atoms with Gasteiger partial charge >= 0.3 is 0 Å². The number of anilines is 2. The van der Waals surface area contributed by atoms with E-state index >= 15 is 0 Å². The number of aryl methyl sites for hydroxylation is 1. The maximum atomic E-state index is 5.90. The van der Waals surface area contributed by atoms with Crippen LogP contribution in [0.4, 0.5) is 11.4 Å². The van der Waals surface area contributed by atoms with E-state index in [0.29, 0.717) is 6.04 Å². The number of likely N-dealkylation sites (N-methyl/N-ethyl adjacent to an activating group) is 1. The topological polar surface area (TPSA) is 41.3 Å². The minimum Gasteiger partial charge on any atom is -0.398 e. The molecule has 0 aliphatic carbocycles. The standard InChI is InChI=1S/C13H21N3/c1-10-5-6-11(8-13(10)14)15-12-4-3-7-16(2)9-12/h5-6,8,12,15H,3-4,7,9,14H2,1-2H3. The van der Waals surface area contributed by atoms with E-state index in [1.807, 2.05) is 13.0 Å². The lowest BCUT2D eigenvalue weighted by molar-refractivity contribution is 0.261. The van der Waals surface area contributed by atoms with Crippen molar-refractivity contribution < 1.29 is 0 Å². The molecular weight excluding hydrogens is 198 g/mol. The molecule has 1 atom stereocenters. The van der Waals surface area contributed by atoms with Crippen molar-refractivity contribution in [1.82, 2.24) is 4.90 Å². The van der Waals surface area contributed by atoms with Gasteiger partial charge in [0.05, 0.1) is 0 Å². The Bertz CT molecular complexity index is 362. The second-order valence-corrected chi connectivity index (χ2v) is 4.82. The molecule has 1 aliphatic rings. The van der Waals surface area contributed by atoms with Gasteiger partial charge in [0.2, 0.25) is 0 Å². The highest BCUT2D eigenvalue weighted by molar-refractivity contribution is 5.58. The predicted octanol–water partition coefficient (Wildman–Crippen LogP) is 2.08. The molecule has 2 rings (SSSR count). The number of hydrogen-bond donors (Lipinski definition) is 2. The number of piperidine rings is 1. The fourth-order valence-electron chi connectivity index (χ4n) is 2.25. The second-order valence-electron chi connectivity index (χ2n) is 4.82. The Kier molecular flexibility index (Phi) is 3.34. The van der Waals surface area contributed by atoms with Crippen LogP contribution >= 0.6 is 0 Å². The molecule has 88 valence electrons. The number of likely N-dealkylation sites (tertiary alicyclic amines) is 1. The molecule has 0 bridgehead atoms. The van der Waals surface area contributed by atoms with E-state index in [1.165, 1.54) is 19.4 Å². The number of nitrogens with zero attached hydrogens (tertiary/aromatic N) is 1. The van der Waals surface area contributed by atoms with Crippen LogP contribution in [0.25, 0.3) is 0 Å². The van der Waals surface area contributed by atoms with Crippen LogP contribution in [-0.2, 0) is 0 Å². The van der Waals surface area contributed by atoms with E-state index in [9.17, 15) is 0 Å². The summed E-state index contributed by atoms with van der Waals surface area (Å²) >= 11 is 0. The lowest BCUT2D eigenvalue weighted by Crippen LogP contribution is -2.39. The molecule has 0 amide bonds. The van der Waals surface area contributed by atoms with Crippen molar-refractivity contribution in [3.63, 3.8) is 0 Å². The molecule has 1 heterocycles. The largest absolute Gasteiger partial charge is 0.398 e. The van der Waals surface area contributed by atoms with Crippen molar-refractivity contribution >= 4 is 11.4 Å². The molecule has 0 aromatic heterocycles. The first kappa shape index (κ1) is 11.3. The maximum absolute atomic E-state index is 5.90. The average molecular weight is 219 g/mol. The molecular formula is C13H21N3. The van der Waals surface area contributed by atoms with Gasteiger partial charge in [-0.25, -0.2) is 0 Å². The first-order chi connectivity index (χ1) is 7.65. The summed E-state index contributed by atoms with van der Waals surface area (Å²) in [5.41, 5.74) is 9.06. The lowest BCUT2D eigenvalue weighted by atomic mass is 10.1. The van der Waals surface area contributed by atoms with Crippen molar-refractivity contribution in [2.24, 2.45) is 0 Å². The van der Waals surface area contributed by atoms with E-state index < -0.39 is 0 Å². The van der Waals surface area contributed by atoms with E-state index in [1.54, 1.807) is 0 Å². The summed E-state index contributed by atoms with van der Waals surface area (Å²) in [6, 6.07) is 6.77. The highest BCUT2D eigenvalue weighted by atomic mass is 15.1. The normalized spacial score (nSPS) is 22.0. The molecule has 1 aromatic rings. The van der Waals surface area contributed by atoms with Gasteiger partial charge < -0.3 is 16.0 Å². The van der Waals surface area contributed by atoms with Gasteiger partial charge in [-0.1, -0.05) is 6.07 Å². The summed E-state index contributed by atoms with van der Waals surface area (Å²) in [5, 5.41) is 3.56. The third-order valence-electron chi connectivity index (χ3n) is 3.27. The molecule has 1 aromatic carbocycles. The van der Waals surface area contributed by atoms with Gasteiger partial charge in [-0.2, -0.15) is 0 Å². The van der Waals surface area contributed by atoms with Crippen molar-refractivity contribution in [2.45, 2.75) is 25.8 Å². The highest BCUT2D eigenvalue weighted by Crippen LogP contribution is 2.20. The molecule has 3 nitrogen and oxygen atoms in total. The molecule has 1 fully saturated rings. The number of nitrogens with two attached hydrogens (primary N) is 1. The fraction of sp³-hybridized carbons (Fsp3) is 0.538. The van der Waals surface area contributed by atoms with Crippen molar-refractivity contribution in [1.29, 1.82) is 0 Å². The number of rotatable bonds is 2. The Morgan fingerprint density at radius 2 is 2.25 bits per heavy atom. The number of nitrogens with one attached hydrogen (secondary N) is 1. The minimum atomic E-state index is 0.556. The highest BCUT2D eigenvalue weighted by Gasteiger charge is 2.16. The number of benzene rings is 1. The number of nitrogen functional groups attached to an aromatic ring is 1. The zero-order chi connectivity index (χ0) is 11.5. The summed E-state index contributed by atoms with van der Waals surface area (Å²) in [5.74, 6) is 0. The molecule has 1 aliphatic heterocycles. The van der Waals surface area contributed by atoms with Crippen LogP contribution in [0.1, 0.15) is 18.4 Å². The van der Waals surface area contributed by atoms with Gasteiger partial charge in [-0.15, -0.1) is 0 Å². The molecule has 3 N–H and O–H groups in total. The summed E-state index contributed by atoms with van der Waals surface area (Å²) in [7, 11) is 2.18. The Morgan fingerprint density at radius 1 is 1.44 bits per heavy atom. The van der Waals surface area contributed by atoms with Crippen molar-refractivity contribution in [2.75, 3.05) is 31.2 Å². The summed E-state index contributed by atoms with van der Waals surface area (Å²) < 4.78 is 0. The van der Waals surface area contributed by atoms with E-state index in [0.717, 1.165) is 23.5 Å². The molecule has 0 saturated carbocycles. The molecule has 0 spiro atoms.